The van der Waals surface area contributed by atoms with Crippen LogP contribution in [-0.2, 0) is 17.8 Å². The molecule has 0 atom stereocenters. The van der Waals surface area contributed by atoms with Crippen molar-refractivity contribution in [1.82, 2.24) is 9.55 Å². The molecule has 0 fully saturated rings. The molecule has 0 unspecified atom stereocenters. The summed E-state index contributed by atoms with van der Waals surface area (Å²) >= 11 is 0. The molecule has 0 radical (unpaired) electrons. The van der Waals surface area contributed by atoms with E-state index >= 15 is 0 Å². The summed E-state index contributed by atoms with van der Waals surface area (Å²) in [6.07, 6.45) is 2.70. The van der Waals surface area contributed by atoms with E-state index in [-0.39, 0.29) is 17.9 Å². The molecular weight excluding hydrogens is 314 g/mol. The topological polar surface area (TPSA) is 55.2 Å². The zero-order valence-electron chi connectivity index (χ0n) is 14.1. The molecule has 1 aliphatic rings. The Balaban J connectivity index is 1.53. The van der Waals surface area contributed by atoms with Crippen LogP contribution in [0, 0.1) is 6.92 Å². The van der Waals surface area contributed by atoms with Crippen molar-refractivity contribution in [3.63, 3.8) is 0 Å². The number of carbonyl (C=O) groups excluding carboxylic acids is 1. The van der Waals surface area contributed by atoms with Gasteiger partial charge in [0.25, 0.3) is 5.56 Å². The number of rotatable bonds is 3. The first kappa shape index (κ1) is 15.6. The quantitative estimate of drug-likeness (QED) is 0.740. The lowest BCUT2D eigenvalue weighted by Crippen LogP contribution is -2.31. The van der Waals surface area contributed by atoms with Crippen LogP contribution in [0.2, 0.25) is 0 Å². The number of benzene rings is 2. The first-order valence-electron chi connectivity index (χ1n) is 8.47. The minimum absolute atomic E-state index is 0.0457. The molecule has 126 valence electrons. The zero-order valence-corrected chi connectivity index (χ0v) is 14.1. The number of fused-ring (bicyclic) bond motifs is 2. The van der Waals surface area contributed by atoms with Gasteiger partial charge >= 0.3 is 0 Å². The van der Waals surface area contributed by atoms with Gasteiger partial charge < -0.3 is 4.90 Å². The highest BCUT2D eigenvalue weighted by molar-refractivity contribution is 5.95. The maximum atomic E-state index is 12.7. The predicted octanol–water partition coefficient (Wildman–Crippen LogP) is 2.68. The maximum Gasteiger partial charge on any atom is 0.261 e. The van der Waals surface area contributed by atoms with Crippen molar-refractivity contribution < 1.29 is 4.79 Å². The molecule has 2 aromatic carbocycles. The van der Waals surface area contributed by atoms with E-state index < -0.39 is 0 Å². The van der Waals surface area contributed by atoms with E-state index in [2.05, 4.69) is 23.2 Å². The fourth-order valence-electron chi connectivity index (χ4n) is 3.36. The summed E-state index contributed by atoms with van der Waals surface area (Å²) in [7, 11) is 0. The van der Waals surface area contributed by atoms with Crippen LogP contribution >= 0.6 is 0 Å². The average Bonchev–Trinajstić information content (AvgIpc) is 3.04. The van der Waals surface area contributed by atoms with Gasteiger partial charge in [-0.15, -0.1) is 0 Å². The Kier molecular flexibility index (Phi) is 3.84. The molecule has 5 nitrogen and oxygen atoms in total. The molecule has 0 saturated heterocycles. The smallest absolute Gasteiger partial charge is 0.261 e. The number of nitrogens with zero attached hydrogens (tertiary/aromatic N) is 3. The van der Waals surface area contributed by atoms with Gasteiger partial charge in [0, 0.05) is 25.2 Å². The fourth-order valence-corrected chi connectivity index (χ4v) is 3.36. The molecule has 4 rings (SSSR count). The number of hydrogen-bond acceptors (Lipinski definition) is 3. The van der Waals surface area contributed by atoms with Gasteiger partial charge in [-0.25, -0.2) is 4.98 Å². The summed E-state index contributed by atoms with van der Waals surface area (Å²) in [4.78, 5) is 31.3. The standard InChI is InChI=1S/C20H19N3O2/c1-14-6-7-15-8-11-23(18(15)12-14)19(24)9-10-22-13-21-17-5-3-2-4-16(17)20(22)25/h2-7,12-13H,8-11H2,1H3. The van der Waals surface area contributed by atoms with Crippen LogP contribution in [-0.4, -0.2) is 22.0 Å². The number of amides is 1. The third-order valence-corrected chi connectivity index (χ3v) is 4.74. The molecule has 5 heteroatoms. The third-order valence-electron chi connectivity index (χ3n) is 4.74. The van der Waals surface area contributed by atoms with E-state index in [1.807, 2.05) is 30.0 Å². The zero-order chi connectivity index (χ0) is 17.4. The summed E-state index contributed by atoms with van der Waals surface area (Å²) in [5.74, 6) is 0.0457. The van der Waals surface area contributed by atoms with E-state index in [1.54, 1.807) is 6.07 Å². The van der Waals surface area contributed by atoms with Gasteiger partial charge in [0.15, 0.2) is 0 Å². The Morgan fingerprint density at radius 1 is 1.20 bits per heavy atom. The largest absolute Gasteiger partial charge is 0.312 e. The van der Waals surface area contributed by atoms with E-state index in [9.17, 15) is 9.59 Å². The molecule has 0 aliphatic carbocycles. The molecule has 2 heterocycles. The summed E-state index contributed by atoms with van der Waals surface area (Å²) in [6.45, 7) is 3.08. The Hall–Kier alpha value is -2.95. The lowest BCUT2D eigenvalue weighted by atomic mass is 10.1. The van der Waals surface area contributed by atoms with E-state index in [4.69, 9.17) is 0 Å². The SMILES string of the molecule is Cc1ccc2c(c1)N(C(=O)CCn1cnc3ccccc3c1=O)CC2. The minimum atomic E-state index is -0.101. The van der Waals surface area contributed by atoms with Crippen molar-refractivity contribution in [3.05, 3.63) is 70.3 Å². The molecular formula is C20H19N3O2. The highest BCUT2D eigenvalue weighted by Gasteiger charge is 2.24. The lowest BCUT2D eigenvalue weighted by Gasteiger charge is -2.18. The second-order valence-corrected chi connectivity index (χ2v) is 6.44. The molecule has 0 N–H and O–H groups in total. The van der Waals surface area contributed by atoms with Crippen molar-refractivity contribution in [2.45, 2.75) is 26.3 Å². The van der Waals surface area contributed by atoms with Gasteiger partial charge in [0.2, 0.25) is 5.91 Å². The van der Waals surface area contributed by atoms with Gasteiger partial charge in [-0.3, -0.25) is 14.2 Å². The molecule has 1 aromatic heterocycles. The lowest BCUT2D eigenvalue weighted by molar-refractivity contribution is -0.118. The van der Waals surface area contributed by atoms with Crippen LogP contribution in [0.15, 0.2) is 53.6 Å². The number of aryl methyl sites for hydroxylation is 2. The average molecular weight is 333 g/mol. The number of carbonyl (C=O) groups is 1. The van der Waals surface area contributed by atoms with E-state index in [0.717, 1.165) is 17.7 Å². The number of hydrogen-bond donors (Lipinski definition) is 0. The highest BCUT2D eigenvalue weighted by atomic mass is 16.2. The van der Waals surface area contributed by atoms with Gasteiger partial charge in [-0.1, -0.05) is 24.3 Å². The Morgan fingerprint density at radius 2 is 2.04 bits per heavy atom. The first-order valence-corrected chi connectivity index (χ1v) is 8.47. The molecule has 0 bridgehead atoms. The molecule has 1 amide bonds. The van der Waals surface area contributed by atoms with Crippen molar-refractivity contribution in [1.29, 1.82) is 0 Å². The monoisotopic (exact) mass is 333 g/mol. The Labute approximate surface area is 145 Å². The van der Waals surface area contributed by atoms with Crippen LogP contribution in [0.4, 0.5) is 5.69 Å². The molecule has 0 spiro atoms. The normalized spacial score (nSPS) is 13.2. The summed E-state index contributed by atoms with van der Waals surface area (Å²) in [5.41, 5.74) is 3.95. The maximum absolute atomic E-state index is 12.7. The van der Waals surface area contributed by atoms with Crippen LogP contribution in [0.5, 0.6) is 0 Å². The highest BCUT2D eigenvalue weighted by Crippen LogP contribution is 2.29. The third kappa shape index (κ3) is 2.82. The van der Waals surface area contributed by atoms with Crippen LogP contribution in [0.25, 0.3) is 10.9 Å². The number of anilines is 1. The van der Waals surface area contributed by atoms with Crippen molar-refractivity contribution >= 4 is 22.5 Å². The molecule has 1 aliphatic heterocycles. The number of para-hydroxylation sites is 1. The summed E-state index contributed by atoms with van der Waals surface area (Å²) in [6, 6.07) is 13.5. The van der Waals surface area contributed by atoms with Crippen molar-refractivity contribution in [2.75, 3.05) is 11.4 Å². The van der Waals surface area contributed by atoms with Crippen molar-refractivity contribution in [3.8, 4) is 0 Å². The molecule has 25 heavy (non-hydrogen) atoms. The van der Waals surface area contributed by atoms with Crippen LogP contribution in [0.1, 0.15) is 17.5 Å². The van der Waals surface area contributed by atoms with Gasteiger partial charge in [0.05, 0.1) is 17.2 Å². The second-order valence-electron chi connectivity index (χ2n) is 6.44. The van der Waals surface area contributed by atoms with Gasteiger partial charge in [-0.05, 0) is 42.7 Å². The summed E-state index contributed by atoms with van der Waals surface area (Å²) in [5, 5.41) is 0.583. The minimum Gasteiger partial charge on any atom is -0.312 e. The molecule has 0 saturated carbocycles. The first-order chi connectivity index (χ1) is 12.1. The van der Waals surface area contributed by atoms with E-state index in [0.29, 0.717) is 24.0 Å². The van der Waals surface area contributed by atoms with Crippen molar-refractivity contribution in [2.24, 2.45) is 0 Å². The fraction of sp³-hybridized carbons (Fsp3) is 0.250. The Morgan fingerprint density at radius 3 is 2.92 bits per heavy atom. The van der Waals surface area contributed by atoms with E-state index in [1.165, 1.54) is 16.5 Å². The Bertz CT molecular complexity index is 1020. The van der Waals surface area contributed by atoms with Gasteiger partial charge in [0.1, 0.15) is 0 Å². The van der Waals surface area contributed by atoms with Crippen LogP contribution in [0.3, 0.4) is 0 Å². The number of aromatic nitrogens is 2. The van der Waals surface area contributed by atoms with Crippen LogP contribution < -0.4 is 10.5 Å². The molecule has 3 aromatic rings. The van der Waals surface area contributed by atoms with Gasteiger partial charge in [-0.2, -0.15) is 0 Å². The predicted molar refractivity (Wildman–Crippen MR) is 97.9 cm³/mol. The summed E-state index contributed by atoms with van der Waals surface area (Å²) < 4.78 is 1.52. The second kappa shape index (κ2) is 6.16.